The first kappa shape index (κ1) is 21.5. The van der Waals surface area contributed by atoms with Crippen molar-refractivity contribution in [3.8, 4) is 11.5 Å². The van der Waals surface area contributed by atoms with Crippen molar-refractivity contribution < 1.29 is 19.2 Å². The molecule has 0 bridgehead atoms. The van der Waals surface area contributed by atoms with Crippen molar-refractivity contribution in [1.82, 2.24) is 5.32 Å². The fourth-order valence-corrected chi connectivity index (χ4v) is 3.06. The van der Waals surface area contributed by atoms with Crippen LogP contribution in [0.3, 0.4) is 0 Å². The molecular formula is C19H17Cl3N2O5. The minimum absolute atomic E-state index is 0.0219. The van der Waals surface area contributed by atoms with E-state index in [1.165, 1.54) is 18.2 Å². The van der Waals surface area contributed by atoms with Crippen LogP contribution in [0.25, 0.3) is 0 Å². The third kappa shape index (κ3) is 4.22. The molecule has 0 fully saturated rings. The number of benzene rings is 2. The van der Waals surface area contributed by atoms with Crippen LogP contribution in [0.2, 0.25) is 0 Å². The Morgan fingerprint density at radius 1 is 1.07 bits per heavy atom. The maximum atomic E-state index is 12.7. The Morgan fingerprint density at radius 3 is 2.31 bits per heavy atom. The quantitative estimate of drug-likeness (QED) is 0.391. The lowest BCUT2D eigenvalue weighted by Crippen LogP contribution is -2.63. The van der Waals surface area contributed by atoms with Crippen LogP contribution in [0, 0.1) is 10.1 Å². The summed E-state index contributed by atoms with van der Waals surface area (Å²) in [4.78, 5) is 23.1. The minimum atomic E-state index is -2.22. The Bertz CT molecular complexity index is 985. The number of fused-ring (bicyclic) bond motifs is 1. The molecule has 0 saturated heterocycles. The number of carbonyl (C=O) groups excluding carboxylic acids is 1. The van der Waals surface area contributed by atoms with Gasteiger partial charge >= 0.3 is 5.91 Å². The second-order valence-corrected chi connectivity index (χ2v) is 9.77. The summed E-state index contributed by atoms with van der Waals surface area (Å²) in [5.41, 5.74) is 0.499. The van der Waals surface area contributed by atoms with Crippen molar-refractivity contribution in [2.45, 2.75) is 35.9 Å². The summed E-state index contributed by atoms with van der Waals surface area (Å²) in [5.74, 6) is -2.35. The SMILES string of the molecule is CC(C)(C)c1ccc2c(c1)O[C@@](NC(=O)c1cccc([N+](=O)[O-])c1)(C(Cl)(Cl)Cl)O2. The molecule has 1 aliphatic heterocycles. The highest BCUT2D eigenvalue weighted by atomic mass is 35.6. The second kappa shape index (κ2) is 7.23. The topological polar surface area (TPSA) is 90.7 Å². The molecule has 3 rings (SSSR count). The van der Waals surface area contributed by atoms with Crippen molar-refractivity contribution >= 4 is 46.4 Å². The number of nitrogens with zero attached hydrogens (tertiary/aromatic N) is 1. The minimum Gasteiger partial charge on any atom is -0.428 e. The lowest BCUT2D eigenvalue weighted by molar-refractivity contribution is -0.384. The summed E-state index contributed by atoms with van der Waals surface area (Å²) < 4.78 is 9.28. The van der Waals surface area contributed by atoms with E-state index in [-0.39, 0.29) is 22.4 Å². The van der Waals surface area contributed by atoms with Crippen LogP contribution in [-0.4, -0.2) is 20.5 Å². The van der Waals surface area contributed by atoms with E-state index in [1.807, 2.05) is 26.8 Å². The lowest BCUT2D eigenvalue weighted by Gasteiger charge is -2.33. The van der Waals surface area contributed by atoms with Gasteiger partial charge in [0.15, 0.2) is 11.5 Å². The highest BCUT2D eigenvalue weighted by Crippen LogP contribution is 2.49. The molecule has 1 aliphatic rings. The van der Waals surface area contributed by atoms with Gasteiger partial charge in [0.2, 0.25) is 0 Å². The molecule has 29 heavy (non-hydrogen) atoms. The van der Waals surface area contributed by atoms with Crippen LogP contribution in [0.1, 0.15) is 36.7 Å². The molecule has 0 aromatic heterocycles. The summed E-state index contributed by atoms with van der Waals surface area (Å²) in [7, 11) is 0. The third-order valence-corrected chi connectivity index (χ3v) is 5.03. The molecule has 154 valence electrons. The summed E-state index contributed by atoms with van der Waals surface area (Å²) in [6.45, 7) is 6.07. The Hall–Kier alpha value is -2.22. The van der Waals surface area contributed by atoms with E-state index < -0.39 is 20.5 Å². The number of halogens is 3. The number of carbonyl (C=O) groups is 1. The number of nitro benzene ring substituents is 1. The van der Waals surface area contributed by atoms with Gasteiger partial charge in [0.05, 0.1) is 4.92 Å². The molecule has 2 aromatic rings. The molecule has 1 N–H and O–H groups in total. The monoisotopic (exact) mass is 458 g/mol. The number of rotatable bonds is 3. The van der Waals surface area contributed by atoms with Gasteiger partial charge in [-0.2, -0.15) is 0 Å². The van der Waals surface area contributed by atoms with Crippen molar-refractivity contribution in [2.75, 3.05) is 0 Å². The number of non-ortho nitro benzene ring substituents is 1. The van der Waals surface area contributed by atoms with Crippen LogP contribution >= 0.6 is 34.8 Å². The summed E-state index contributed by atoms with van der Waals surface area (Å²) >= 11 is 18.3. The second-order valence-electron chi connectivity index (χ2n) is 7.49. The van der Waals surface area contributed by atoms with Crippen LogP contribution < -0.4 is 14.8 Å². The average molecular weight is 460 g/mol. The first-order valence-electron chi connectivity index (χ1n) is 8.49. The van der Waals surface area contributed by atoms with Gasteiger partial charge in [-0.15, -0.1) is 0 Å². The molecule has 1 heterocycles. The Kier molecular flexibility index (Phi) is 5.36. The predicted molar refractivity (Wildman–Crippen MR) is 110 cm³/mol. The maximum absolute atomic E-state index is 12.7. The molecule has 7 nitrogen and oxygen atoms in total. The third-order valence-electron chi connectivity index (χ3n) is 4.29. The highest BCUT2D eigenvalue weighted by Gasteiger charge is 2.59. The fourth-order valence-electron chi connectivity index (χ4n) is 2.69. The van der Waals surface area contributed by atoms with Crippen molar-refractivity contribution in [1.29, 1.82) is 0 Å². The van der Waals surface area contributed by atoms with E-state index in [4.69, 9.17) is 44.3 Å². The Labute approximate surface area is 182 Å². The molecule has 10 heteroatoms. The molecule has 2 aromatic carbocycles. The fraction of sp³-hybridized carbons (Fsp3) is 0.316. The molecule has 0 aliphatic carbocycles. The summed E-state index contributed by atoms with van der Waals surface area (Å²) in [6, 6.07) is 10.4. The van der Waals surface area contributed by atoms with Crippen LogP contribution in [-0.2, 0) is 5.41 Å². The molecule has 0 spiro atoms. The molecule has 1 atom stereocenters. The van der Waals surface area contributed by atoms with E-state index >= 15 is 0 Å². The first-order valence-corrected chi connectivity index (χ1v) is 9.62. The maximum Gasteiger partial charge on any atom is 0.388 e. The molecule has 0 radical (unpaired) electrons. The molecular weight excluding hydrogens is 443 g/mol. The van der Waals surface area contributed by atoms with E-state index in [0.29, 0.717) is 5.75 Å². The van der Waals surface area contributed by atoms with Gasteiger partial charge in [0, 0.05) is 17.7 Å². The van der Waals surface area contributed by atoms with Gasteiger partial charge in [-0.3, -0.25) is 20.2 Å². The summed E-state index contributed by atoms with van der Waals surface area (Å²) in [5, 5.41) is 13.4. The van der Waals surface area contributed by atoms with Crippen LogP contribution in [0.4, 0.5) is 5.69 Å². The van der Waals surface area contributed by atoms with Gasteiger partial charge in [0.25, 0.3) is 15.4 Å². The number of nitro groups is 1. The predicted octanol–water partition coefficient (Wildman–Crippen LogP) is 5.12. The molecule has 0 unspecified atom stereocenters. The number of nitrogens with one attached hydrogen (secondary N) is 1. The van der Waals surface area contributed by atoms with E-state index in [9.17, 15) is 14.9 Å². The van der Waals surface area contributed by atoms with Crippen LogP contribution in [0.5, 0.6) is 11.5 Å². The number of hydrogen-bond acceptors (Lipinski definition) is 5. The zero-order valence-electron chi connectivity index (χ0n) is 15.7. The van der Waals surface area contributed by atoms with Crippen molar-refractivity contribution in [2.24, 2.45) is 0 Å². The zero-order valence-corrected chi connectivity index (χ0v) is 17.9. The van der Waals surface area contributed by atoms with E-state index in [2.05, 4.69) is 5.32 Å². The van der Waals surface area contributed by atoms with Gasteiger partial charge < -0.3 is 9.47 Å². The normalized spacial score (nSPS) is 18.4. The van der Waals surface area contributed by atoms with Gasteiger partial charge in [-0.25, -0.2) is 0 Å². The van der Waals surface area contributed by atoms with E-state index in [1.54, 1.807) is 12.1 Å². The summed E-state index contributed by atoms with van der Waals surface area (Å²) in [6.07, 6.45) is 0. The first-order chi connectivity index (χ1) is 13.3. The highest BCUT2D eigenvalue weighted by molar-refractivity contribution is 6.68. The zero-order chi connectivity index (χ0) is 21.6. The smallest absolute Gasteiger partial charge is 0.388 e. The lowest BCUT2D eigenvalue weighted by atomic mass is 9.87. The number of hydrogen-bond donors (Lipinski definition) is 1. The average Bonchev–Trinajstić information content (AvgIpc) is 2.99. The van der Waals surface area contributed by atoms with Gasteiger partial charge in [-0.05, 0) is 29.2 Å². The van der Waals surface area contributed by atoms with Gasteiger partial charge in [-0.1, -0.05) is 67.7 Å². The Morgan fingerprint density at radius 2 is 1.72 bits per heavy atom. The van der Waals surface area contributed by atoms with Crippen molar-refractivity contribution in [3.63, 3.8) is 0 Å². The largest absolute Gasteiger partial charge is 0.428 e. The number of amides is 1. The van der Waals surface area contributed by atoms with Crippen LogP contribution in [0.15, 0.2) is 42.5 Å². The standard InChI is InChI=1S/C19H17Cl3N2O5/c1-17(2,3)12-7-8-14-15(10-12)29-19(28-14,18(20,21)22)23-16(25)11-5-4-6-13(9-11)24(26)27/h4-10H,1-3H3,(H,23,25)/t19-/m1/s1. The Balaban J connectivity index is 1.94. The molecule has 0 saturated carbocycles. The van der Waals surface area contributed by atoms with Crippen molar-refractivity contribution in [3.05, 3.63) is 63.7 Å². The number of ether oxygens (including phenoxy) is 2. The number of alkyl halides is 3. The van der Waals surface area contributed by atoms with Gasteiger partial charge in [0.1, 0.15) is 0 Å². The van der Waals surface area contributed by atoms with E-state index in [0.717, 1.165) is 11.6 Å². The molecule has 1 amide bonds.